The first-order chi connectivity index (χ1) is 12.9. The SMILES string of the molecule is c1ccc(-c2ccc(OC[C@@H]3Cn4c(nc5ccccc54)O3)cn2)nc1. The molecule has 4 aromatic rings. The molecule has 0 N–H and O–H groups in total. The van der Waals surface area contributed by atoms with E-state index in [-0.39, 0.29) is 6.10 Å². The van der Waals surface area contributed by atoms with Crippen LogP contribution in [0.25, 0.3) is 22.4 Å². The zero-order chi connectivity index (χ0) is 17.3. The molecule has 0 saturated carbocycles. The maximum atomic E-state index is 5.90. The Morgan fingerprint density at radius 3 is 2.73 bits per heavy atom. The van der Waals surface area contributed by atoms with Crippen molar-refractivity contribution < 1.29 is 9.47 Å². The zero-order valence-electron chi connectivity index (χ0n) is 13.9. The van der Waals surface area contributed by atoms with Crippen LogP contribution in [0.3, 0.4) is 0 Å². The summed E-state index contributed by atoms with van der Waals surface area (Å²) in [6.45, 7) is 1.18. The van der Waals surface area contributed by atoms with Gasteiger partial charge in [0.25, 0.3) is 6.01 Å². The van der Waals surface area contributed by atoms with Crippen molar-refractivity contribution in [1.82, 2.24) is 19.5 Å². The van der Waals surface area contributed by atoms with Gasteiger partial charge in [-0.1, -0.05) is 18.2 Å². The summed E-state index contributed by atoms with van der Waals surface area (Å²) in [4.78, 5) is 13.2. The molecule has 0 bridgehead atoms. The van der Waals surface area contributed by atoms with Crippen molar-refractivity contribution in [3.05, 3.63) is 67.0 Å². The zero-order valence-corrected chi connectivity index (χ0v) is 13.9. The Morgan fingerprint density at radius 2 is 1.88 bits per heavy atom. The number of pyridine rings is 2. The third kappa shape index (κ3) is 2.65. The lowest BCUT2D eigenvalue weighted by atomic mass is 10.2. The van der Waals surface area contributed by atoms with Crippen LogP contribution in [0.2, 0.25) is 0 Å². The van der Waals surface area contributed by atoms with Crippen LogP contribution in [0, 0.1) is 0 Å². The van der Waals surface area contributed by atoms with Crippen molar-refractivity contribution in [3.63, 3.8) is 0 Å². The molecule has 0 spiro atoms. The van der Waals surface area contributed by atoms with Gasteiger partial charge in [-0.3, -0.25) is 14.5 Å². The number of aromatic nitrogens is 4. The normalized spacial score (nSPS) is 15.6. The van der Waals surface area contributed by atoms with Crippen LogP contribution in [0.1, 0.15) is 0 Å². The largest absolute Gasteiger partial charge is 0.488 e. The van der Waals surface area contributed by atoms with Gasteiger partial charge in [0.05, 0.1) is 35.2 Å². The van der Waals surface area contributed by atoms with Crippen LogP contribution in [0.15, 0.2) is 67.0 Å². The van der Waals surface area contributed by atoms with Gasteiger partial charge in [0.1, 0.15) is 12.4 Å². The van der Waals surface area contributed by atoms with Gasteiger partial charge in [-0.15, -0.1) is 0 Å². The van der Waals surface area contributed by atoms with Gasteiger partial charge in [-0.05, 0) is 36.4 Å². The molecule has 1 aliphatic heterocycles. The highest BCUT2D eigenvalue weighted by Crippen LogP contribution is 2.28. The van der Waals surface area contributed by atoms with Gasteiger partial charge in [-0.25, -0.2) is 0 Å². The fourth-order valence-corrected chi connectivity index (χ4v) is 3.12. The Morgan fingerprint density at radius 1 is 1.00 bits per heavy atom. The summed E-state index contributed by atoms with van der Waals surface area (Å²) in [6, 6.07) is 18.3. The van der Waals surface area contributed by atoms with E-state index in [1.54, 1.807) is 12.4 Å². The summed E-state index contributed by atoms with van der Waals surface area (Å²) in [6.07, 6.45) is 3.41. The number of imidazole rings is 1. The standard InChI is InChI=1S/C20H16N4O2/c1-2-7-19-18(6-1)23-20-24(19)12-15(26-20)13-25-14-8-9-17(22-11-14)16-5-3-4-10-21-16/h1-11,15H,12-13H2/t15-/m0/s1. The minimum absolute atomic E-state index is 0.0578. The molecule has 5 rings (SSSR count). The highest BCUT2D eigenvalue weighted by atomic mass is 16.6. The van der Waals surface area contributed by atoms with Crippen molar-refractivity contribution >= 4 is 11.0 Å². The second-order valence-corrected chi connectivity index (χ2v) is 6.14. The van der Waals surface area contributed by atoms with E-state index in [2.05, 4.69) is 25.6 Å². The number of rotatable bonds is 4. The maximum Gasteiger partial charge on any atom is 0.297 e. The van der Waals surface area contributed by atoms with Crippen LogP contribution in [-0.2, 0) is 6.54 Å². The monoisotopic (exact) mass is 344 g/mol. The molecule has 0 amide bonds. The molecule has 4 heterocycles. The second kappa shape index (κ2) is 6.15. The van der Waals surface area contributed by atoms with E-state index in [4.69, 9.17) is 9.47 Å². The number of fused-ring (bicyclic) bond motifs is 3. The molecule has 0 aliphatic carbocycles. The topological polar surface area (TPSA) is 62.1 Å². The molecular formula is C20H16N4O2. The van der Waals surface area contributed by atoms with Crippen LogP contribution in [-0.4, -0.2) is 32.2 Å². The molecule has 3 aromatic heterocycles. The van der Waals surface area contributed by atoms with E-state index in [0.29, 0.717) is 18.4 Å². The van der Waals surface area contributed by atoms with E-state index >= 15 is 0 Å². The Balaban J connectivity index is 1.24. The van der Waals surface area contributed by atoms with Crippen LogP contribution in [0.4, 0.5) is 0 Å². The molecule has 0 fully saturated rings. The second-order valence-electron chi connectivity index (χ2n) is 6.14. The molecule has 0 unspecified atom stereocenters. The third-order valence-corrected chi connectivity index (χ3v) is 4.38. The average Bonchev–Trinajstić information content (AvgIpc) is 3.25. The Labute approximate surface area is 150 Å². The first-order valence-electron chi connectivity index (χ1n) is 8.49. The number of hydrogen-bond acceptors (Lipinski definition) is 5. The van der Waals surface area contributed by atoms with E-state index in [1.807, 2.05) is 48.5 Å². The third-order valence-electron chi connectivity index (χ3n) is 4.38. The van der Waals surface area contributed by atoms with E-state index in [1.165, 1.54) is 0 Å². The lowest BCUT2D eigenvalue weighted by molar-refractivity contribution is 0.143. The van der Waals surface area contributed by atoms with Gasteiger partial charge >= 0.3 is 0 Å². The summed E-state index contributed by atoms with van der Waals surface area (Å²) in [5.41, 5.74) is 3.71. The van der Waals surface area contributed by atoms with Gasteiger partial charge in [0.2, 0.25) is 0 Å². The highest BCUT2D eigenvalue weighted by molar-refractivity contribution is 5.76. The van der Waals surface area contributed by atoms with Crippen molar-refractivity contribution in [3.8, 4) is 23.1 Å². The average molecular weight is 344 g/mol. The molecule has 0 saturated heterocycles. The molecule has 6 heteroatoms. The minimum atomic E-state index is -0.0578. The Kier molecular flexibility index (Phi) is 3.52. The van der Waals surface area contributed by atoms with E-state index < -0.39 is 0 Å². The smallest absolute Gasteiger partial charge is 0.297 e. The molecule has 1 aliphatic rings. The van der Waals surface area contributed by atoms with Crippen molar-refractivity contribution in [1.29, 1.82) is 0 Å². The summed E-state index contributed by atoms with van der Waals surface area (Å²) in [7, 11) is 0. The van der Waals surface area contributed by atoms with Crippen molar-refractivity contribution in [2.75, 3.05) is 6.61 Å². The molecular weight excluding hydrogens is 328 g/mol. The minimum Gasteiger partial charge on any atom is -0.488 e. The predicted octanol–water partition coefficient (Wildman–Crippen LogP) is 3.33. The quantitative estimate of drug-likeness (QED) is 0.568. The molecule has 1 aromatic carbocycles. The van der Waals surface area contributed by atoms with Crippen LogP contribution in [0.5, 0.6) is 11.8 Å². The highest BCUT2D eigenvalue weighted by Gasteiger charge is 2.26. The van der Waals surface area contributed by atoms with Crippen molar-refractivity contribution in [2.45, 2.75) is 12.6 Å². The fourth-order valence-electron chi connectivity index (χ4n) is 3.12. The molecule has 128 valence electrons. The summed E-state index contributed by atoms with van der Waals surface area (Å²) < 4.78 is 13.8. The number of nitrogens with zero attached hydrogens (tertiary/aromatic N) is 4. The fraction of sp³-hybridized carbons (Fsp3) is 0.150. The molecule has 6 nitrogen and oxygen atoms in total. The predicted molar refractivity (Wildman–Crippen MR) is 97.1 cm³/mol. The Bertz CT molecular complexity index is 1040. The number of hydrogen-bond donors (Lipinski definition) is 0. The van der Waals surface area contributed by atoms with Gasteiger partial charge in [0.15, 0.2) is 6.10 Å². The number of ether oxygens (including phenoxy) is 2. The Hall–Kier alpha value is -3.41. The van der Waals surface area contributed by atoms with E-state index in [0.717, 1.165) is 29.0 Å². The number of benzene rings is 1. The van der Waals surface area contributed by atoms with Gasteiger partial charge in [0, 0.05) is 6.20 Å². The van der Waals surface area contributed by atoms with Crippen LogP contribution >= 0.6 is 0 Å². The lowest BCUT2D eigenvalue weighted by Gasteiger charge is -2.11. The van der Waals surface area contributed by atoms with Gasteiger partial charge in [-0.2, -0.15) is 4.98 Å². The summed E-state index contributed by atoms with van der Waals surface area (Å²) in [5.74, 6) is 0.711. The first-order valence-corrected chi connectivity index (χ1v) is 8.49. The van der Waals surface area contributed by atoms with Crippen molar-refractivity contribution in [2.24, 2.45) is 0 Å². The lowest BCUT2D eigenvalue weighted by Crippen LogP contribution is -2.23. The van der Waals surface area contributed by atoms with Crippen LogP contribution < -0.4 is 9.47 Å². The molecule has 1 atom stereocenters. The van der Waals surface area contributed by atoms with E-state index in [9.17, 15) is 0 Å². The van der Waals surface area contributed by atoms with Gasteiger partial charge < -0.3 is 9.47 Å². The molecule has 0 radical (unpaired) electrons. The summed E-state index contributed by atoms with van der Waals surface area (Å²) in [5, 5.41) is 0. The maximum absolute atomic E-state index is 5.90. The summed E-state index contributed by atoms with van der Waals surface area (Å²) >= 11 is 0. The first kappa shape index (κ1) is 14.9. The molecule has 26 heavy (non-hydrogen) atoms. The number of para-hydroxylation sites is 2.